The fourth-order valence-corrected chi connectivity index (χ4v) is 3.48. The third-order valence-electron chi connectivity index (χ3n) is 5.14. The number of rotatable bonds is 7. The first kappa shape index (κ1) is 21.6. The maximum absolute atomic E-state index is 12.5. The molecule has 1 amide bonds. The van der Waals surface area contributed by atoms with Gasteiger partial charge in [-0.1, -0.05) is 13.8 Å². The molecule has 3 rings (SSSR count). The van der Waals surface area contributed by atoms with E-state index in [4.69, 9.17) is 14.7 Å². The van der Waals surface area contributed by atoms with E-state index in [1.54, 1.807) is 30.6 Å². The molecule has 7 nitrogen and oxygen atoms in total. The Balaban J connectivity index is 1.50. The Morgan fingerprint density at radius 3 is 2.53 bits per heavy atom. The van der Waals surface area contributed by atoms with E-state index in [2.05, 4.69) is 21.4 Å². The van der Waals surface area contributed by atoms with Gasteiger partial charge in [0.1, 0.15) is 23.4 Å². The maximum atomic E-state index is 12.5. The van der Waals surface area contributed by atoms with Gasteiger partial charge in [0.25, 0.3) is 5.91 Å². The quantitative estimate of drug-likeness (QED) is 0.744. The molecular formula is C23H28N4O3. The lowest BCUT2D eigenvalue weighted by Crippen LogP contribution is -2.39. The van der Waals surface area contributed by atoms with Crippen molar-refractivity contribution in [3.8, 4) is 17.6 Å². The minimum atomic E-state index is -0.136. The number of aromatic nitrogens is 2. The van der Waals surface area contributed by atoms with Crippen molar-refractivity contribution >= 4 is 5.91 Å². The number of hydrogen-bond acceptors (Lipinski definition) is 6. The van der Waals surface area contributed by atoms with E-state index in [0.29, 0.717) is 29.2 Å². The molecular weight excluding hydrogens is 380 g/mol. The Hall–Kier alpha value is -3.14. The second kappa shape index (κ2) is 10.1. The zero-order chi connectivity index (χ0) is 21.5. The lowest BCUT2D eigenvalue weighted by Gasteiger charge is -2.29. The van der Waals surface area contributed by atoms with Gasteiger partial charge < -0.3 is 14.8 Å². The van der Waals surface area contributed by atoms with Gasteiger partial charge >= 0.3 is 0 Å². The lowest BCUT2D eigenvalue weighted by atomic mass is 9.92. The first-order valence-corrected chi connectivity index (χ1v) is 10.5. The van der Waals surface area contributed by atoms with Crippen LogP contribution < -0.4 is 14.8 Å². The Kier molecular flexibility index (Phi) is 7.23. The topological polar surface area (TPSA) is 97.1 Å². The van der Waals surface area contributed by atoms with Crippen LogP contribution in [-0.4, -0.2) is 34.6 Å². The summed E-state index contributed by atoms with van der Waals surface area (Å²) in [6.45, 7) is 6.42. The van der Waals surface area contributed by atoms with E-state index in [0.717, 1.165) is 31.5 Å². The number of amides is 1. The van der Waals surface area contributed by atoms with Crippen LogP contribution in [0.5, 0.6) is 11.5 Å². The van der Waals surface area contributed by atoms with E-state index >= 15 is 0 Å². The highest BCUT2D eigenvalue weighted by Crippen LogP contribution is 2.28. The Bertz CT molecular complexity index is 898. The summed E-state index contributed by atoms with van der Waals surface area (Å²) in [4.78, 5) is 21.0. The summed E-state index contributed by atoms with van der Waals surface area (Å²) in [6, 6.07) is 7.54. The zero-order valence-electron chi connectivity index (χ0n) is 17.7. The number of carbonyl (C=O) groups excluding carboxylic acids is 1. The van der Waals surface area contributed by atoms with Gasteiger partial charge in [0.05, 0.1) is 23.8 Å². The highest BCUT2D eigenvalue weighted by Gasteiger charge is 2.24. The van der Waals surface area contributed by atoms with Crippen molar-refractivity contribution in [3.05, 3.63) is 47.5 Å². The number of nitrogens with zero attached hydrogens (tertiary/aromatic N) is 3. The minimum Gasteiger partial charge on any atom is -0.492 e. The van der Waals surface area contributed by atoms with Gasteiger partial charge in [0, 0.05) is 30.4 Å². The number of benzene rings is 1. The molecule has 1 heterocycles. The Labute approximate surface area is 177 Å². The van der Waals surface area contributed by atoms with Gasteiger partial charge in [-0.25, -0.2) is 9.97 Å². The third-order valence-corrected chi connectivity index (χ3v) is 5.14. The molecule has 1 aromatic carbocycles. The summed E-state index contributed by atoms with van der Waals surface area (Å²) < 4.78 is 11.6. The molecule has 1 aliphatic carbocycles. The van der Waals surface area contributed by atoms with Crippen LogP contribution in [0.1, 0.15) is 74.1 Å². The Morgan fingerprint density at radius 2 is 1.93 bits per heavy atom. The van der Waals surface area contributed by atoms with Gasteiger partial charge in [-0.05, 0) is 44.7 Å². The number of ether oxygens (including phenoxy) is 2. The maximum Gasteiger partial charge on any atom is 0.254 e. The SMILES string of the molecule is CCOc1cc(OC2CCC(NC(=O)c3cnc(C(C)C)nc3)CC2)ccc1C#N. The number of nitriles is 1. The molecule has 7 heteroatoms. The van der Waals surface area contributed by atoms with Crippen LogP contribution >= 0.6 is 0 Å². The van der Waals surface area contributed by atoms with E-state index in [-0.39, 0.29) is 24.0 Å². The smallest absolute Gasteiger partial charge is 0.254 e. The van der Waals surface area contributed by atoms with Gasteiger partial charge in [-0.2, -0.15) is 5.26 Å². The summed E-state index contributed by atoms with van der Waals surface area (Å²) in [6.07, 6.45) is 6.64. The molecule has 0 atom stereocenters. The molecule has 0 saturated heterocycles. The highest BCUT2D eigenvalue weighted by molar-refractivity contribution is 5.93. The van der Waals surface area contributed by atoms with E-state index in [1.807, 2.05) is 20.8 Å². The second-order valence-electron chi connectivity index (χ2n) is 7.75. The van der Waals surface area contributed by atoms with E-state index < -0.39 is 0 Å². The molecule has 1 fully saturated rings. The van der Waals surface area contributed by atoms with Crippen molar-refractivity contribution in [1.29, 1.82) is 5.26 Å². The standard InChI is InChI=1S/C23H28N4O3/c1-4-29-21-11-20(8-5-16(21)12-24)30-19-9-6-18(7-10-19)27-23(28)17-13-25-22(15(2)3)26-14-17/h5,8,11,13-15,18-19H,4,6-7,9-10H2,1-3H3,(H,27,28). The normalized spacial score (nSPS) is 18.5. The summed E-state index contributed by atoms with van der Waals surface area (Å²) in [5.74, 6) is 2.08. The molecule has 0 unspecified atom stereocenters. The first-order valence-electron chi connectivity index (χ1n) is 10.5. The summed E-state index contributed by atoms with van der Waals surface area (Å²) in [7, 11) is 0. The lowest BCUT2D eigenvalue weighted by molar-refractivity contribution is 0.0892. The molecule has 1 aromatic heterocycles. The van der Waals surface area contributed by atoms with Crippen LogP contribution in [0.3, 0.4) is 0 Å². The van der Waals surface area contributed by atoms with Crippen LogP contribution in [0.15, 0.2) is 30.6 Å². The fourth-order valence-electron chi connectivity index (χ4n) is 3.48. The molecule has 1 saturated carbocycles. The van der Waals surface area contributed by atoms with Crippen LogP contribution in [0.4, 0.5) is 0 Å². The van der Waals surface area contributed by atoms with Crippen molar-refractivity contribution in [1.82, 2.24) is 15.3 Å². The van der Waals surface area contributed by atoms with Gasteiger partial charge in [0.15, 0.2) is 0 Å². The summed E-state index contributed by atoms with van der Waals surface area (Å²) >= 11 is 0. The average Bonchev–Trinajstić information content (AvgIpc) is 2.75. The highest BCUT2D eigenvalue weighted by atomic mass is 16.5. The second-order valence-corrected chi connectivity index (χ2v) is 7.75. The Morgan fingerprint density at radius 1 is 1.23 bits per heavy atom. The fraction of sp³-hybridized carbons (Fsp3) is 0.478. The number of hydrogen-bond donors (Lipinski definition) is 1. The molecule has 158 valence electrons. The van der Waals surface area contributed by atoms with Crippen LogP contribution in [0.2, 0.25) is 0 Å². The molecule has 0 radical (unpaired) electrons. The monoisotopic (exact) mass is 408 g/mol. The first-order chi connectivity index (χ1) is 14.5. The van der Waals surface area contributed by atoms with Crippen molar-refractivity contribution in [2.24, 2.45) is 0 Å². The predicted octanol–water partition coefficient (Wildman–Crippen LogP) is 3.99. The molecule has 1 aliphatic rings. The van der Waals surface area contributed by atoms with Gasteiger partial charge in [0.2, 0.25) is 0 Å². The average molecular weight is 409 g/mol. The van der Waals surface area contributed by atoms with Gasteiger partial charge in [-0.15, -0.1) is 0 Å². The van der Waals surface area contributed by atoms with Crippen molar-refractivity contribution in [3.63, 3.8) is 0 Å². The van der Waals surface area contributed by atoms with Gasteiger partial charge in [-0.3, -0.25) is 4.79 Å². The van der Waals surface area contributed by atoms with Crippen LogP contribution in [-0.2, 0) is 0 Å². The molecule has 1 N–H and O–H groups in total. The molecule has 0 bridgehead atoms. The van der Waals surface area contributed by atoms with E-state index in [9.17, 15) is 4.79 Å². The predicted molar refractivity (Wildman–Crippen MR) is 113 cm³/mol. The summed E-state index contributed by atoms with van der Waals surface area (Å²) in [5, 5.41) is 12.2. The van der Waals surface area contributed by atoms with Crippen LogP contribution in [0, 0.1) is 11.3 Å². The minimum absolute atomic E-state index is 0.0780. The van der Waals surface area contributed by atoms with E-state index in [1.165, 1.54) is 0 Å². The van der Waals surface area contributed by atoms with Crippen LogP contribution in [0.25, 0.3) is 0 Å². The number of nitrogens with one attached hydrogen (secondary N) is 1. The molecule has 0 spiro atoms. The largest absolute Gasteiger partial charge is 0.492 e. The zero-order valence-corrected chi connectivity index (χ0v) is 17.7. The summed E-state index contributed by atoms with van der Waals surface area (Å²) in [5.41, 5.74) is 0.986. The molecule has 30 heavy (non-hydrogen) atoms. The third kappa shape index (κ3) is 5.47. The van der Waals surface area contributed by atoms with Crippen molar-refractivity contribution < 1.29 is 14.3 Å². The molecule has 2 aromatic rings. The number of carbonyl (C=O) groups is 1. The van der Waals surface area contributed by atoms with Crippen molar-refractivity contribution in [2.45, 2.75) is 64.5 Å². The van der Waals surface area contributed by atoms with Crippen molar-refractivity contribution in [2.75, 3.05) is 6.61 Å². The molecule has 0 aliphatic heterocycles.